The Hall–Kier alpha value is -3.54. The minimum atomic E-state index is -0.568. The normalized spacial score (nSPS) is 13.6. The topological polar surface area (TPSA) is 78.4 Å². The number of nitrogens with zero attached hydrogens (tertiary/aromatic N) is 3. The molecular formula is C32H26ClIN4O3S. The molecule has 4 aromatic carbocycles. The highest BCUT2D eigenvalue weighted by atomic mass is 127. The van der Waals surface area contributed by atoms with Crippen LogP contribution in [0.1, 0.15) is 29.8 Å². The van der Waals surface area contributed by atoms with Crippen LogP contribution in [0.4, 0.5) is 5.69 Å². The summed E-state index contributed by atoms with van der Waals surface area (Å²) in [5.41, 5.74) is 5.25. The molecule has 1 aliphatic rings. The molecule has 0 radical (unpaired) electrons. The van der Waals surface area contributed by atoms with Gasteiger partial charge in [0.1, 0.15) is 6.61 Å². The molecule has 212 valence electrons. The van der Waals surface area contributed by atoms with Gasteiger partial charge in [-0.25, -0.2) is 0 Å². The van der Waals surface area contributed by atoms with E-state index in [1.807, 2.05) is 97.9 Å². The fraction of sp³-hybridized carbons (Fsp3) is 0.156. The van der Waals surface area contributed by atoms with Crippen LogP contribution in [0.5, 0.6) is 17.4 Å². The number of hydrogen-bond acceptors (Lipinski definition) is 8. The number of thioether (sulfide) groups is 1. The maximum Gasteiger partial charge on any atom is 0.247 e. The number of anilines is 1. The maximum absolute atomic E-state index is 6.54. The molecule has 1 N–H and O–H groups in total. The first-order valence-corrected chi connectivity index (χ1v) is 15.8. The smallest absolute Gasteiger partial charge is 0.247 e. The third-order valence-corrected chi connectivity index (χ3v) is 8.57. The van der Waals surface area contributed by atoms with Crippen LogP contribution in [-0.2, 0) is 12.4 Å². The van der Waals surface area contributed by atoms with E-state index in [1.165, 1.54) is 11.8 Å². The van der Waals surface area contributed by atoms with E-state index < -0.39 is 6.23 Å². The van der Waals surface area contributed by atoms with Crippen molar-refractivity contribution in [1.29, 1.82) is 0 Å². The Bertz CT molecular complexity index is 1710. The predicted molar refractivity (Wildman–Crippen MR) is 174 cm³/mol. The second kappa shape index (κ2) is 13.2. The van der Waals surface area contributed by atoms with Crippen molar-refractivity contribution in [2.24, 2.45) is 0 Å². The van der Waals surface area contributed by atoms with Crippen molar-refractivity contribution in [2.45, 2.75) is 30.7 Å². The highest BCUT2D eigenvalue weighted by Crippen LogP contribution is 2.42. The van der Waals surface area contributed by atoms with Crippen LogP contribution >= 0.6 is 46.0 Å². The lowest BCUT2D eigenvalue weighted by Crippen LogP contribution is -2.18. The van der Waals surface area contributed by atoms with Crippen LogP contribution < -0.4 is 19.5 Å². The Kier molecular flexibility index (Phi) is 8.97. The molecule has 10 heteroatoms. The lowest BCUT2D eigenvalue weighted by atomic mass is 10.1. The van der Waals surface area contributed by atoms with Gasteiger partial charge in [-0.1, -0.05) is 90.1 Å². The lowest BCUT2D eigenvalue weighted by Gasteiger charge is -2.22. The third-order valence-electron chi connectivity index (χ3n) is 6.51. The van der Waals surface area contributed by atoms with Crippen LogP contribution in [0.2, 0.25) is 5.02 Å². The number of halogens is 2. The van der Waals surface area contributed by atoms with Gasteiger partial charge in [-0.3, -0.25) is 0 Å². The molecule has 0 amide bonds. The second-order valence-corrected chi connectivity index (χ2v) is 11.9. The highest BCUT2D eigenvalue weighted by molar-refractivity contribution is 14.1. The summed E-state index contributed by atoms with van der Waals surface area (Å²) in [6, 6.07) is 29.7. The zero-order chi connectivity index (χ0) is 28.9. The average molecular weight is 709 g/mol. The molecule has 42 heavy (non-hydrogen) atoms. The van der Waals surface area contributed by atoms with Crippen LogP contribution in [0.15, 0.2) is 96.2 Å². The second-order valence-electron chi connectivity index (χ2n) is 9.35. The van der Waals surface area contributed by atoms with E-state index in [0.29, 0.717) is 52.2 Å². The van der Waals surface area contributed by atoms with E-state index in [9.17, 15) is 0 Å². The van der Waals surface area contributed by atoms with Crippen LogP contribution in [0.25, 0.3) is 11.3 Å². The van der Waals surface area contributed by atoms with Crippen LogP contribution in [-0.4, -0.2) is 21.8 Å². The fourth-order valence-corrected chi connectivity index (χ4v) is 6.33. The van der Waals surface area contributed by atoms with Gasteiger partial charge in [-0.15, -0.1) is 10.2 Å². The monoisotopic (exact) mass is 708 g/mol. The largest absolute Gasteiger partial charge is 0.490 e. The van der Waals surface area contributed by atoms with Crippen LogP contribution in [0, 0.1) is 3.57 Å². The zero-order valence-electron chi connectivity index (χ0n) is 22.6. The van der Waals surface area contributed by atoms with Crippen molar-refractivity contribution in [3.05, 3.63) is 116 Å². The SMILES string of the molecule is CCOc1cc([C@H]2Nc3ccccc3-c3nnc(SCc4ccccc4Cl)nc3O2)cc(I)c1OCc1ccccc1. The first-order chi connectivity index (χ1) is 20.6. The summed E-state index contributed by atoms with van der Waals surface area (Å²) in [4.78, 5) is 4.78. The van der Waals surface area contributed by atoms with E-state index in [0.717, 1.165) is 31.5 Å². The van der Waals surface area contributed by atoms with E-state index in [4.69, 9.17) is 30.8 Å². The van der Waals surface area contributed by atoms with Gasteiger partial charge >= 0.3 is 0 Å². The van der Waals surface area contributed by atoms with Crippen molar-refractivity contribution in [3.63, 3.8) is 0 Å². The van der Waals surface area contributed by atoms with E-state index in [-0.39, 0.29) is 0 Å². The number of rotatable bonds is 9. The maximum atomic E-state index is 6.54. The summed E-state index contributed by atoms with van der Waals surface area (Å²) < 4.78 is 19.7. The summed E-state index contributed by atoms with van der Waals surface area (Å²) in [6.45, 7) is 2.89. The first kappa shape index (κ1) is 28.6. The fourth-order valence-electron chi connectivity index (χ4n) is 4.49. The van der Waals surface area contributed by atoms with Gasteiger partial charge < -0.3 is 19.5 Å². The quantitative estimate of drug-likeness (QED) is 0.121. The Labute approximate surface area is 267 Å². The molecule has 0 saturated heterocycles. The summed E-state index contributed by atoms with van der Waals surface area (Å²) in [5.74, 6) is 2.35. The molecule has 0 spiro atoms. The molecule has 5 aromatic rings. The zero-order valence-corrected chi connectivity index (χ0v) is 26.3. The Morgan fingerprint density at radius 1 is 0.952 bits per heavy atom. The molecule has 0 unspecified atom stereocenters. The number of benzene rings is 4. The first-order valence-electron chi connectivity index (χ1n) is 13.4. The van der Waals surface area contributed by atoms with Crippen molar-refractivity contribution in [2.75, 3.05) is 11.9 Å². The standard InChI is InChI=1S/C32H26ClIN4O3S/c1-2-39-27-17-22(16-25(34)29(27)40-18-20-10-4-3-5-11-20)30-35-26-15-9-7-13-23(26)28-31(41-30)36-32(38-37-28)42-19-21-12-6-8-14-24(21)33/h3-17,30,35H,2,18-19H2,1H3/t30-/m0/s1. The van der Waals surface area contributed by atoms with Gasteiger partial charge in [-0.05, 0) is 64.9 Å². The molecule has 7 nitrogen and oxygen atoms in total. The number of hydrogen-bond donors (Lipinski definition) is 1. The molecular weight excluding hydrogens is 683 g/mol. The number of nitrogens with one attached hydrogen (secondary N) is 1. The lowest BCUT2D eigenvalue weighted by molar-refractivity contribution is 0.223. The van der Waals surface area contributed by atoms with E-state index >= 15 is 0 Å². The third kappa shape index (κ3) is 6.43. The average Bonchev–Trinajstić information content (AvgIpc) is 3.17. The van der Waals surface area contributed by atoms with Gasteiger partial charge in [0.05, 0.1) is 10.2 Å². The molecule has 1 atom stereocenters. The molecule has 2 heterocycles. The summed E-state index contributed by atoms with van der Waals surface area (Å²) >= 11 is 10.1. The highest BCUT2D eigenvalue weighted by Gasteiger charge is 2.28. The molecule has 6 rings (SSSR count). The number of aromatic nitrogens is 3. The predicted octanol–water partition coefficient (Wildman–Crippen LogP) is 8.57. The van der Waals surface area contributed by atoms with Crippen molar-refractivity contribution < 1.29 is 14.2 Å². The molecule has 0 bridgehead atoms. The molecule has 1 aliphatic heterocycles. The van der Waals surface area contributed by atoms with Crippen molar-refractivity contribution in [3.8, 4) is 28.6 Å². The van der Waals surface area contributed by atoms with Gasteiger partial charge in [0.25, 0.3) is 0 Å². The summed E-state index contributed by atoms with van der Waals surface area (Å²) in [5, 5.41) is 13.7. The minimum absolute atomic E-state index is 0.395. The van der Waals surface area contributed by atoms with Crippen molar-refractivity contribution >= 4 is 51.6 Å². The molecule has 0 fully saturated rings. The number of ether oxygens (including phenoxy) is 3. The van der Waals surface area contributed by atoms with Crippen LogP contribution in [0.3, 0.4) is 0 Å². The van der Waals surface area contributed by atoms with Gasteiger partial charge in [0, 0.05) is 27.6 Å². The number of fused-ring (bicyclic) bond motifs is 3. The molecule has 0 aliphatic carbocycles. The summed E-state index contributed by atoms with van der Waals surface area (Å²) in [6.07, 6.45) is -0.568. The van der Waals surface area contributed by atoms with Gasteiger partial charge in [-0.2, -0.15) is 4.98 Å². The van der Waals surface area contributed by atoms with Gasteiger partial charge in [0.15, 0.2) is 23.4 Å². The Morgan fingerprint density at radius 3 is 2.57 bits per heavy atom. The van der Waals surface area contributed by atoms with E-state index in [1.54, 1.807) is 0 Å². The number of para-hydroxylation sites is 1. The van der Waals surface area contributed by atoms with Gasteiger partial charge in [0.2, 0.25) is 11.0 Å². The summed E-state index contributed by atoms with van der Waals surface area (Å²) in [7, 11) is 0. The minimum Gasteiger partial charge on any atom is -0.490 e. The van der Waals surface area contributed by atoms with Crippen molar-refractivity contribution in [1.82, 2.24) is 15.2 Å². The van der Waals surface area contributed by atoms with E-state index in [2.05, 4.69) is 38.1 Å². The molecule has 1 aromatic heterocycles. The Balaban J connectivity index is 1.32. The Morgan fingerprint density at radius 2 is 1.74 bits per heavy atom. The molecule has 0 saturated carbocycles.